The van der Waals surface area contributed by atoms with Crippen LogP contribution in [0.1, 0.15) is 48.2 Å². The fourth-order valence-corrected chi connectivity index (χ4v) is 2.98. The van der Waals surface area contributed by atoms with Gasteiger partial charge in [-0.05, 0) is 50.3 Å². The lowest BCUT2D eigenvalue weighted by atomic mass is 9.77. The van der Waals surface area contributed by atoms with E-state index < -0.39 is 0 Å². The van der Waals surface area contributed by atoms with Gasteiger partial charge in [0.2, 0.25) is 0 Å². The number of carbonyl (C=O) groups is 1. The van der Waals surface area contributed by atoms with E-state index in [-0.39, 0.29) is 11.3 Å². The number of carbonyl (C=O) groups excluding carboxylic acids is 1. The summed E-state index contributed by atoms with van der Waals surface area (Å²) in [5.74, 6) is 0.0330. The highest BCUT2D eigenvalue weighted by Crippen LogP contribution is 2.29. The maximum Gasteiger partial charge on any atom is 0.251 e. The van der Waals surface area contributed by atoms with Gasteiger partial charge in [0.25, 0.3) is 5.91 Å². The molecule has 1 saturated heterocycles. The quantitative estimate of drug-likeness (QED) is 0.890. The van der Waals surface area contributed by atoms with Crippen LogP contribution in [0, 0.1) is 19.3 Å². The van der Waals surface area contributed by atoms with Crippen LogP contribution in [0.2, 0.25) is 0 Å². The Hall–Kier alpha value is -1.35. The van der Waals surface area contributed by atoms with Crippen LogP contribution in [0.5, 0.6) is 0 Å². The standard InChI is InChI=1S/C17H26N2O/c1-12-6-7-14(13(2)10-12)16(20)19-11-15-17(3,4)8-5-9-18-15/h6-7,10,15,18H,5,8-9,11H2,1-4H3,(H,19,20). The van der Waals surface area contributed by atoms with E-state index in [0.29, 0.717) is 12.6 Å². The highest BCUT2D eigenvalue weighted by Gasteiger charge is 2.32. The molecule has 20 heavy (non-hydrogen) atoms. The van der Waals surface area contributed by atoms with Crippen molar-refractivity contribution < 1.29 is 4.79 Å². The van der Waals surface area contributed by atoms with Gasteiger partial charge in [0.1, 0.15) is 0 Å². The van der Waals surface area contributed by atoms with Gasteiger partial charge in [-0.25, -0.2) is 0 Å². The van der Waals surface area contributed by atoms with Gasteiger partial charge in [-0.3, -0.25) is 4.79 Å². The van der Waals surface area contributed by atoms with Crippen LogP contribution >= 0.6 is 0 Å². The molecule has 2 N–H and O–H groups in total. The van der Waals surface area contributed by atoms with Crippen molar-refractivity contribution in [3.8, 4) is 0 Å². The topological polar surface area (TPSA) is 41.1 Å². The first-order chi connectivity index (χ1) is 9.40. The van der Waals surface area contributed by atoms with Crippen LogP contribution < -0.4 is 10.6 Å². The Balaban J connectivity index is 1.98. The summed E-state index contributed by atoms with van der Waals surface area (Å²) >= 11 is 0. The first kappa shape index (κ1) is 15.0. The molecular formula is C17H26N2O. The van der Waals surface area contributed by atoms with E-state index in [1.807, 2.05) is 26.0 Å². The van der Waals surface area contributed by atoms with E-state index >= 15 is 0 Å². The molecule has 3 heteroatoms. The Morgan fingerprint density at radius 3 is 2.80 bits per heavy atom. The molecule has 1 heterocycles. The van der Waals surface area contributed by atoms with Crippen LogP contribution in [-0.2, 0) is 0 Å². The van der Waals surface area contributed by atoms with Gasteiger partial charge >= 0.3 is 0 Å². The van der Waals surface area contributed by atoms with E-state index in [2.05, 4.69) is 30.5 Å². The lowest BCUT2D eigenvalue weighted by Crippen LogP contribution is -2.52. The molecular weight excluding hydrogens is 248 g/mol. The number of benzene rings is 1. The van der Waals surface area contributed by atoms with Crippen molar-refractivity contribution in [2.75, 3.05) is 13.1 Å². The zero-order valence-electron chi connectivity index (χ0n) is 13.0. The van der Waals surface area contributed by atoms with Crippen molar-refractivity contribution >= 4 is 5.91 Å². The number of hydrogen-bond donors (Lipinski definition) is 2. The zero-order valence-corrected chi connectivity index (χ0v) is 13.0. The second kappa shape index (κ2) is 5.96. The zero-order chi connectivity index (χ0) is 14.8. The number of aryl methyl sites for hydroxylation is 2. The molecule has 1 aliphatic heterocycles. The SMILES string of the molecule is Cc1ccc(C(=O)NCC2NCCCC2(C)C)c(C)c1. The van der Waals surface area contributed by atoms with Gasteiger partial charge < -0.3 is 10.6 Å². The third-order valence-corrected chi connectivity index (χ3v) is 4.43. The highest BCUT2D eigenvalue weighted by atomic mass is 16.1. The first-order valence-electron chi connectivity index (χ1n) is 7.49. The molecule has 1 amide bonds. The summed E-state index contributed by atoms with van der Waals surface area (Å²) in [6.07, 6.45) is 2.43. The molecule has 1 fully saturated rings. The third kappa shape index (κ3) is 3.40. The summed E-state index contributed by atoms with van der Waals surface area (Å²) in [6.45, 7) is 10.3. The molecule has 0 aromatic heterocycles. The Morgan fingerprint density at radius 2 is 2.15 bits per heavy atom. The molecule has 0 spiro atoms. The lowest BCUT2D eigenvalue weighted by Gasteiger charge is -2.39. The number of amides is 1. The van der Waals surface area contributed by atoms with E-state index in [0.717, 1.165) is 17.7 Å². The Kier molecular flexibility index (Phi) is 4.48. The van der Waals surface area contributed by atoms with Gasteiger partial charge in [-0.1, -0.05) is 31.5 Å². The van der Waals surface area contributed by atoms with Crippen LogP contribution in [0.15, 0.2) is 18.2 Å². The lowest BCUT2D eigenvalue weighted by molar-refractivity contribution is 0.0928. The molecule has 0 bridgehead atoms. The van der Waals surface area contributed by atoms with Gasteiger partial charge in [0.05, 0.1) is 0 Å². The van der Waals surface area contributed by atoms with E-state index in [4.69, 9.17) is 0 Å². The maximum absolute atomic E-state index is 12.3. The summed E-state index contributed by atoms with van der Waals surface area (Å²) in [5, 5.41) is 6.61. The monoisotopic (exact) mass is 274 g/mol. The first-order valence-corrected chi connectivity index (χ1v) is 7.49. The fourth-order valence-electron chi connectivity index (χ4n) is 2.98. The molecule has 1 aromatic carbocycles. The highest BCUT2D eigenvalue weighted by molar-refractivity contribution is 5.95. The number of rotatable bonds is 3. The van der Waals surface area contributed by atoms with Crippen LogP contribution in [0.3, 0.4) is 0 Å². The van der Waals surface area contributed by atoms with Crippen LogP contribution in [-0.4, -0.2) is 25.0 Å². The van der Waals surface area contributed by atoms with Crippen molar-refractivity contribution in [1.82, 2.24) is 10.6 Å². The van der Waals surface area contributed by atoms with Gasteiger partial charge in [-0.2, -0.15) is 0 Å². The van der Waals surface area contributed by atoms with E-state index in [9.17, 15) is 4.79 Å². The minimum atomic E-state index is 0.0330. The average molecular weight is 274 g/mol. The van der Waals surface area contributed by atoms with Crippen molar-refractivity contribution in [2.45, 2.75) is 46.6 Å². The molecule has 3 nitrogen and oxygen atoms in total. The molecule has 0 radical (unpaired) electrons. The predicted molar refractivity (Wildman–Crippen MR) is 83.1 cm³/mol. The third-order valence-electron chi connectivity index (χ3n) is 4.43. The van der Waals surface area contributed by atoms with E-state index in [1.165, 1.54) is 18.4 Å². The minimum Gasteiger partial charge on any atom is -0.350 e. The second-order valence-electron chi connectivity index (χ2n) is 6.63. The Morgan fingerprint density at radius 1 is 1.40 bits per heavy atom. The average Bonchev–Trinajstić information content (AvgIpc) is 2.36. The minimum absolute atomic E-state index is 0.0330. The van der Waals surface area contributed by atoms with Gasteiger partial charge in [-0.15, -0.1) is 0 Å². The van der Waals surface area contributed by atoms with E-state index in [1.54, 1.807) is 0 Å². The van der Waals surface area contributed by atoms with Gasteiger partial charge in [0, 0.05) is 18.2 Å². The molecule has 0 saturated carbocycles. The molecule has 1 aliphatic rings. The molecule has 1 unspecified atom stereocenters. The number of piperidine rings is 1. The normalized spacial score (nSPS) is 21.5. The largest absolute Gasteiger partial charge is 0.350 e. The second-order valence-corrected chi connectivity index (χ2v) is 6.63. The summed E-state index contributed by atoms with van der Waals surface area (Å²) in [5.41, 5.74) is 3.25. The molecule has 110 valence electrons. The van der Waals surface area contributed by atoms with Crippen molar-refractivity contribution in [3.63, 3.8) is 0 Å². The molecule has 0 aliphatic carbocycles. The summed E-state index contributed by atoms with van der Waals surface area (Å²) < 4.78 is 0. The van der Waals surface area contributed by atoms with Crippen molar-refractivity contribution in [2.24, 2.45) is 5.41 Å². The molecule has 1 atom stereocenters. The van der Waals surface area contributed by atoms with Gasteiger partial charge in [0.15, 0.2) is 0 Å². The predicted octanol–water partition coefficient (Wildman–Crippen LogP) is 2.81. The Labute approximate surface area is 122 Å². The fraction of sp³-hybridized carbons (Fsp3) is 0.588. The van der Waals surface area contributed by atoms with Crippen molar-refractivity contribution in [1.29, 1.82) is 0 Å². The van der Waals surface area contributed by atoms with Crippen LogP contribution in [0.4, 0.5) is 0 Å². The molecule has 2 rings (SSSR count). The Bertz CT molecular complexity index is 494. The maximum atomic E-state index is 12.3. The number of hydrogen-bond acceptors (Lipinski definition) is 2. The summed E-state index contributed by atoms with van der Waals surface area (Å²) in [4.78, 5) is 12.3. The summed E-state index contributed by atoms with van der Waals surface area (Å²) in [7, 11) is 0. The smallest absolute Gasteiger partial charge is 0.251 e. The number of nitrogens with one attached hydrogen (secondary N) is 2. The molecule has 1 aromatic rings. The van der Waals surface area contributed by atoms with Crippen molar-refractivity contribution in [3.05, 3.63) is 34.9 Å². The summed E-state index contributed by atoms with van der Waals surface area (Å²) in [6, 6.07) is 6.31. The van der Waals surface area contributed by atoms with Crippen LogP contribution in [0.25, 0.3) is 0 Å².